The molecular formula is C15H14F3NO3S2. The molecule has 0 aliphatic heterocycles. The van der Waals surface area contributed by atoms with Crippen LogP contribution >= 0.6 is 11.8 Å². The van der Waals surface area contributed by atoms with Crippen molar-refractivity contribution in [3.8, 4) is 11.1 Å². The van der Waals surface area contributed by atoms with Gasteiger partial charge >= 0.3 is 6.18 Å². The van der Waals surface area contributed by atoms with Gasteiger partial charge in [0, 0.05) is 17.7 Å². The molecule has 0 amide bonds. The van der Waals surface area contributed by atoms with E-state index in [4.69, 9.17) is 4.52 Å². The zero-order valence-electron chi connectivity index (χ0n) is 12.8. The Hall–Kier alpha value is -1.48. The molecule has 0 atom stereocenters. The molecule has 0 unspecified atom stereocenters. The lowest BCUT2D eigenvalue weighted by Gasteiger charge is -2.13. The molecule has 24 heavy (non-hydrogen) atoms. The smallest absolute Gasteiger partial charge is 0.359 e. The lowest BCUT2D eigenvalue weighted by Crippen LogP contribution is -2.08. The van der Waals surface area contributed by atoms with Crippen molar-refractivity contribution in [1.82, 2.24) is 5.16 Å². The van der Waals surface area contributed by atoms with E-state index in [0.29, 0.717) is 22.4 Å². The maximum Gasteiger partial charge on any atom is 0.416 e. The van der Waals surface area contributed by atoms with Gasteiger partial charge in [-0.2, -0.15) is 13.2 Å². The topological polar surface area (TPSA) is 60.2 Å². The standard InChI is InChI=1S/C15H14F3NO3S2/c1-23-14-12(13(22-19-14)8-3-4-8)10-6-5-9(15(16,17)18)7-11(10)24(2,20)21/h5-8H,3-4H2,1-2H3. The van der Waals surface area contributed by atoms with Gasteiger partial charge < -0.3 is 4.52 Å². The fraction of sp³-hybridized carbons (Fsp3) is 0.400. The lowest BCUT2D eigenvalue weighted by molar-refractivity contribution is -0.137. The van der Waals surface area contributed by atoms with E-state index in [1.54, 1.807) is 6.26 Å². The van der Waals surface area contributed by atoms with Crippen LogP contribution in [-0.4, -0.2) is 26.1 Å². The highest BCUT2D eigenvalue weighted by Gasteiger charge is 2.36. The Kier molecular flexibility index (Phi) is 4.19. The average Bonchev–Trinajstić information content (AvgIpc) is 3.24. The number of hydrogen-bond acceptors (Lipinski definition) is 5. The average molecular weight is 377 g/mol. The quantitative estimate of drug-likeness (QED) is 0.741. The molecule has 1 aliphatic rings. The molecule has 130 valence electrons. The first-order valence-corrected chi connectivity index (χ1v) is 10.2. The molecule has 0 saturated heterocycles. The molecule has 1 heterocycles. The summed E-state index contributed by atoms with van der Waals surface area (Å²) in [4.78, 5) is -0.363. The number of hydrogen-bond donors (Lipinski definition) is 0. The van der Waals surface area contributed by atoms with Crippen LogP contribution in [0.3, 0.4) is 0 Å². The zero-order chi connectivity index (χ0) is 17.7. The highest BCUT2D eigenvalue weighted by Crippen LogP contribution is 2.48. The van der Waals surface area contributed by atoms with Crippen LogP contribution in [0.25, 0.3) is 11.1 Å². The van der Waals surface area contributed by atoms with Crippen LogP contribution in [0.15, 0.2) is 32.6 Å². The first-order valence-electron chi connectivity index (χ1n) is 7.08. The monoisotopic (exact) mass is 377 g/mol. The Balaban J connectivity index is 2.27. The van der Waals surface area contributed by atoms with Crippen LogP contribution in [0.5, 0.6) is 0 Å². The van der Waals surface area contributed by atoms with Gasteiger partial charge in [-0.05, 0) is 31.2 Å². The third-order valence-electron chi connectivity index (χ3n) is 3.81. The maximum atomic E-state index is 13.0. The van der Waals surface area contributed by atoms with Gasteiger partial charge in [0.05, 0.1) is 16.0 Å². The van der Waals surface area contributed by atoms with Crippen molar-refractivity contribution in [3.63, 3.8) is 0 Å². The summed E-state index contributed by atoms with van der Waals surface area (Å²) in [6, 6.07) is 2.76. The maximum absolute atomic E-state index is 13.0. The van der Waals surface area contributed by atoms with Gasteiger partial charge in [0.1, 0.15) is 10.8 Å². The molecule has 1 saturated carbocycles. The zero-order valence-corrected chi connectivity index (χ0v) is 14.5. The van der Waals surface area contributed by atoms with E-state index in [1.165, 1.54) is 17.8 Å². The summed E-state index contributed by atoms with van der Waals surface area (Å²) in [7, 11) is -3.87. The highest BCUT2D eigenvalue weighted by atomic mass is 32.2. The minimum atomic E-state index is -4.62. The lowest BCUT2D eigenvalue weighted by atomic mass is 10.0. The predicted molar refractivity (Wildman–Crippen MR) is 83.8 cm³/mol. The molecule has 0 radical (unpaired) electrons. The molecule has 2 aromatic rings. The van der Waals surface area contributed by atoms with Crippen LogP contribution in [-0.2, 0) is 16.0 Å². The number of rotatable bonds is 4. The molecule has 4 nitrogen and oxygen atoms in total. The Bertz CT molecular complexity index is 884. The number of nitrogens with zero attached hydrogens (tertiary/aromatic N) is 1. The molecule has 1 fully saturated rings. The first-order chi connectivity index (χ1) is 11.1. The van der Waals surface area contributed by atoms with E-state index >= 15 is 0 Å². The third kappa shape index (κ3) is 3.19. The van der Waals surface area contributed by atoms with Gasteiger partial charge in [-0.1, -0.05) is 11.2 Å². The van der Waals surface area contributed by atoms with Crippen LogP contribution < -0.4 is 0 Å². The second-order valence-electron chi connectivity index (χ2n) is 5.69. The Morgan fingerprint density at radius 1 is 1.29 bits per heavy atom. The van der Waals surface area contributed by atoms with Crippen LogP contribution in [0.4, 0.5) is 13.2 Å². The highest BCUT2D eigenvalue weighted by molar-refractivity contribution is 7.98. The minimum absolute atomic E-state index is 0.142. The summed E-state index contributed by atoms with van der Waals surface area (Å²) < 4.78 is 68.4. The van der Waals surface area contributed by atoms with Crippen LogP contribution in [0, 0.1) is 0 Å². The van der Waals surface area contributed by atoms with E-state index in [1.807, 2.05) is 0 Å². The van der Waals surface area contributed by atoms with Crippen molar-refractivity contribution >= 4 is 21.6 Å². The second-order valence-corrected chi connectivity index (χ2v) is 8.47. The van der Waals surface area contributed by atoms with E-state index in [0.717, 1.165) is 25.2 Å². The van der Waals surface area contributed by atoms with Crippen molar-refractivity contribution in [2.45, 2.75) is 34.9 Å². The summed E-state index contributed by atoms with van der Waals surface area (Å²) in [5.74, 6) is 0.687. The number of halogens is 3. The van der Waals surface area contributed by atoms with Crippen molar-refractivity contribution in [1.29, 1.82) is 0 Å². The number of sulfone groups is 1. The first kappa shape index (κ1) is 17.3. The summed E-state index contributed by atoms with van der Waals surface area (Å²) in [6.07, 6.45) is -0.179. The van der Waals surface area contributed by atoms with E-state index in [2.05, 4.69) is 5.16 Å². The molecule has 1 aromatic carbocycles. The van der Waals surface area contributed by atoms with Gasteiger partial charge in [-0.25, -0.2) is 8.42 Å². The number of thioether (sulfide) groups is 1. The number of benzene rings is 1. The van der Waals surface area contributed by atoms with E-state index in [-0.39, 0.29) is 16.4 Å². The third-order valence-corrected chi connectivity index (χ3v) is 5.61. The summed E-state index contributed by atoms with van der Waals surface area (Å²) in [5.41, 5.74) is -0.307. The fourth-order valence-electron chi connectivity index (χ4n) is 2.51. The molecule has 0 N–H and O–H groups in total. The minimum Gasteiger partial charge on any atom is -0.359 e. The molecule has 9 heteroatoms. The summed E-state index contributed by atoms with van der Waals surface area (Å²) in [5, 5.41) is 4.41. The number of alkyl halides is 3. The fourth-order valence-corrected chi connectivity index (χ4v) is 3.95. The largest absolute Gasteiger partial charge is 0.416 e. The Labute approximate surface area is 141 Å². The van der Waals surface area contributed by atoms with Crippen molar-refractivity contribution in [3.05, 3.63) is 29.5 Å². The van der Waals surface area contributed by atoms with Crippen molar-refractivity contribution in [2.75, 3.05) is 12.5 Å². The van der Waals surface area contributed by atoms with E-state index in [9.17, 15) is 21.6 Å². The Morgan fingerprint density at radius 3 is 2.46 bits per heavy atom. The predicted octanol–water partition coefficient (Wildman–Crippen LogP) is 4.36. The van der Waals surface area contributed by atoms with E-state index < -0.39 is 21.6 Å². The van der Waals surface area contributed by atoms with Gasteiger partial charge in [-0.15, -0.1) is 11.8 Å². The van der Waals surface area contributed by atoms with Gasteiger partial charge in [-0.3, -0.25) is 0 Å². The molecule has 1 aromatic heterocycles. The molecule has 3 rings (SSSR count). The normalized spacial score (nSPS) is 15.7. The van der Waals surface area contributed by atoms with Gasteiger partial charge in [0.25, 0.3) is 0 Å². The van der Waals surface area contributed by atoms with Crippen molar-refractivity contribution in [2.24, 2.45) is 0 Å². The SMILES string of the molecule is CSc1noc(C2CC2)c1-c1ccc(C(F)(F)F)cc1S(C)(=O)=O. The van der Waals surface area contributed by atoms with Gasteiger partial charge in [0.2, 0.25) is 0 Å². The molecule has 1 aliphatic carbocycles. The van der Waals surface area contributed by atoms with Gasteiger partial charge in [0.15, 0.2) is 9.84 Å². The summed E-state index contributed by atoms with van der Waals surface area (Å²) >= 11 is 1.26. The summed E-state index contributed by atoms with van der Waals surface area (Å²) in [6.45, 7) is 0. The Morgan fingerprint density at radius 2 is 1.96 bits per heavy atom. The second kappa shape index (κ2) is 5.80. The molecular weight excluding hydrogens is 363 g/mol. The molecule has 0 spiro atoms. The van der Waals surface area contributed by atoms with Crippen LogP contribution in [0.2, 0.25) is 0 Å². The molecule has 0 bridgehead atoms. The number of aromatic nitrogens is 1. The van der Waals surface area contributed by atoms with Crippen molar-refractivity contribution < 1.29 is 26.1 Å². The van der Waals surface area contributed by atoms with Crippen LogP contribution in [0.1, 0.15) is 30.1 Å².